The quantitative estimate of drug-likeness (QED) is 0.612. The minimum absolute atomic E-state index is 0.643. The van der Waals surface area contributed by atoms with Crippen molar-refractivity contribution < 1.29 is 9.53 Å². The number of methoxy groups -OCH3 is 1. The summed E-state index contributed by atoms with van der Waals surface area (Å²) in [6, 6.07) is 5.44. The molecule has 15 heavy (non-hydrogen) atoms. The van der Waals surface area contributed by atoms with E-state index in [1.54, 1.807) is 13.2 Å². The van der Waals surface area contributed by atoms with Gasteiger partial charge in [-0.3, -0.25) is 4.79 Å². The van der Waals surface area contributed by atoms with Crippen molar-refractivity contribution in [3.8, 4) is 5.75 Å². The van der Waals surface area contributed by atoms with Gasteiger partial charge in [0.05, 0.1) is 7.11 Å². The zero-order valence-electron chi connectivity index (χ0n) is 8.64. The van der Waals surface area contributed by atoms with Crippen molar-refractivity contribution in [2.75, 3.05) is 12.9 Å². The van der Waals surface area contributed by atoms with Crippen LogP contribution in [0.25, 0.3) is 6.08 Å². The Balaban J connectivity index is 2.92. The number of hydrogen-bond acceptors (Lipinski definition) is 3. The summed E-state index contributed by atoms with van der Waals surface area (Å²) in [7, 11) is 1.58. The monoisotopic (exact) mass is 222 g/mol. The van der Waals surface area contributed by atoms with E-state index in [-0.39, 0.29) is 0 Å². The molecule has 3 heteroatoms. The van der Waals surface area contributed by atoms with E-state index in [0.29, 0.717) is 11.3 Å². The lowest BCUT2D eigenvalue weighted by Crippen LogP contribution is -1.89. The van der Waals surface area contributed by atoms with E-state index in [4.69, 9.17) is 4.74 Å². The molecule has 0 radical (unpaired) electrons. The van der Waals surface area contributed by atoms with E-state index in [1.807, 2.05) is 24.3 Å². The Labute approximate surface area is 95.4 Å². The molecule has 0 saturated carbocycles. The standard InChI is InChI=1S/C12H14O2S/c1-14-12-6-5-10(4-2-3-7-15)11(8-12)9-13/h2,4-6,8-9,15H,3,7H2,1H3. The second-order valence-corrected chi connectivity index (χ2v) is 3.47. The van der Waals surface area contributed by atoms with Crippen LogP contribution in [0.15, 0.2) is 24.3 Å². The highest BCUT2D eigenvalue weighted by Gasteiger charge is 2.00. The number of thiol groups is 1. The van der Waals surface area contributed by atoms with Crippen LogP contribution in [0.5, 0.6) is 5.75 Å². The van der Waals surface area contributed by atoms with Crippen LogP contribution in [0.2, 0.25) is 0 Å². The molecule has 1 aromatic carbocycles. The molecule has 0 fully saturated rings. The number of ether oxygens (including phenoxy) is 1. The van der Waals surface area contributed by atoms with Crippen LogP contribution in [0.1, 0.15) is 22.3 Å². The molecule has 2 nitrogen and oxygen atoms in total. The van der Waals surface area contributed by atoms with Crippen molar-refractivity contribution in [1.29, 1.82) is 0 Å². The maximum absolute atomic E-state index is 10.8. The van der Waals surface area contributed by atoms with Gasteiger partial charge in [0.15, 0.2) is 6.29 Å². The van der Waals surface area contributed by atoms with E-state index < -0.39 is 0 Å². The molecular formula is C12H14O2S. The second-order valence-electron chi connectivity index (χ2n) is 3.03. The highest BCUT2D eigenvalue weighted by Crippen LogP contribution is 2.17. The molecule has 0 unspecified atom stereocenters. The molecule has 0 atom stereocenters. The predicted molar refractivity (Wildman–Crippen MR) is 65.9 cm³/mol. The molecule has 0 aliphatic carbocycles. The molecule has 0 bridgehead atoms. The zero-order chi connectivity index (χ0) is 11.1. The van der Waals surface area contributed by atoms with Gasteiger partial charge < -0.3 is 4.74 Å². The minimum atomic E-state index is 0.643. The van der Waals surface area contributed by atoms with E-state index in [2.05, 4.69) is 12.6 Å². The van der Waals surface area contributed by atoms with Crippen molar-refractivity contribution >= 4 is 25.0 Å². The van der Waals surface area contributed by atoms with Crippen molar-refractivity contribution in [2.45, 2.75) is 6.42 Å². The van der Waals surface area contributed by atoms with E-state index in [1.165, 1.54) is 0 Å². The first-order chi connectivity index (χ1) is 7.31. The molecule has 0 aliphatic rings. The third-order valence-corrected chi connectivity index (χ3v) is 2.27. The van der Waals surface area contributed by atoms with Crippen LogP contribution in [0.3, 0.4) is 0 Å². The summed E-state index contributed by atoms with van der Waals surface area (Å²) >= 11 is 4.11. The van der Waals surface area contributed by atoms with Crippen LogP contribution >= 0.6 is 12.6 Å². The van der Waals surface area contributed by atoms with Gasteiger partial charge >= 0.3 is 0 Å². The lowest BCUT2D eigenvalue weighted by atomic mass is 10.1. The van der Waals surface area contributed by atoms with E-state index >= 15 is 0 Å². The Morgan fingerprint density at radius 3 is 2.80 bits per heavy atom. The van der Waals surface area contributed by atoms with E-state index in [0.717, 1.165) is 24.0 Å². The van der Waals surface area contributed by atoms with Gasteiger partial charge in [0.2, 0.25) is 0 Å². The Bertz CT molecular complexity index is 359. The summed E-state index contributed by atoms with van der Waals surface area (Å²) in [6.07, 6.45) is 5.66. The molecule has 0 heterocycles. The molecule has 0 spiro atoms. The lowest BCUT2D eigenvalue weighted by molar-refractivity contribution is 0.112. The summed E-state index contributed by atoms with van der Waals surface area (Å²) in [5.74, 6) is 1.51. The molecule has 1 aromatic rings. The molecule has 0 aliphatic heterocycles. The number of carbonyl (C=O) groups is 1. The molecule has 1 rings (SSSR count). The lowest BCUT2D eigenvalue weighted by Gasteiger charge is -2.03. The van der Waals surface area contributed by atoms with Gasteiger partial charge in [0.25, 0.3) is 0 Å². The maximum Gasteiger partial charge on any atom is 0.150 e. The van der Waals surface area contributed by atoms with Crippen molar-refractivity contribution in [1.82, 2.24) is 0 Å². The summed E-state index contributed by atoms with van der Waals surface area (Å²) in [5, 5.41) is 0. The van der Waals surface area contributed by atoms with Crippen molar-refractivity contribution in [3.63, 3.8) is 0 Å². The largest absolute Gasteiger partial charge is 0.497 e. The summed E-state index contributed by atoms with van der Waals surface area (Å²) in [5.41, 5.74) is 1.55. The fourth-order valence-corrected chi connectivity index (χ4v) is 1.37. The minimum Gasteiger partial charge on any atom is -0.497 e. The average molecular weight is 222 g/mol. The van der Waals surface area contributed by atoms with Crippen LogP contribution < -0.4 is 4.74 Å². The van der Waals surface area contributed by atoms with Gasteiger partial charge in [-0.15, -0.1) is 0 Å². The van der Waals surface area contributed by atoms with Gasteiger partial charge in [-0.25, -0.2) is 0 Å². The highest BCUT2D eigenvalue weighted by atomic mass is 32.1. The number of hydrogen-bond donors (Lipinski definition) is 1. The summed E-state index contributed by atoms with van der Waals surface area (Å²) in [6.45, 7) is 0. The highest BCUT2D eigenvalue weighted by molar-refractivity contribution is 7.80. The molecule has 0 N–H and O–H groups in total. The van der Waals surface area contributed by atoms with Crippen molar-refractivity contribution in [2.24, 2.45) is 0 Å². The number of carbonyl (C=O) groups excluding carboxylic acids is 1. The topological polar surface area (TPSA) is 26.3 Å². The number of allylic oxidation sites excluding steroid dienone is 1. The zero-order valence-corrected chi connectivity index (χ0v) is 9.54. The van der Waals surface area contributed by atoms with Crippen LogP contribution in [0, 0.1) is 0 Å². The molecule has 0 saturated heterocycles. The molecule has 0 aromatic heterocycles. The van der Waals surface area contributed by atoms with Gasteiger partial charge in [-0.1, -0.05) is 18.2 Å². The van der Waals surface area contributed by atoms with Gasteiger partial charge in [-0.05, 0) is 29.9 Å². The second kappa shape index (κ2) is 6.30. The third kappa shape index (κ3) is 3.44. The Morgan fingerprint density at radius 1 is 1.40 bits per heavy atom. The van der Waals surface area contributed by atoms with Gasteiger partial charge in [0, 0.05) is 5.56 Å². The maximum atomic E-state index is 10.8. The smallest absolute Gasteiger partial charge is 0.150 e. The number of aldehydes is 1. The van der Waals surface area contributed by atoms with Gasteiger partial charge in [0.1, 0.15) is 5.75 Å². The first-order valence-electron chi connectivity index (χ1n) is 4.72. The molecule has 80 valence electrons. The summed E-state index contributed by atoms with van der Waals surface area (Å²) < 4.78 is 5.04. The van der Waals surface area contributed by atoms with Crippen LogP contribution in [-0.4, -0.2) is 19.1 Å². The van der Waals surface area contributed by atoms with Crippen LogP contribution in [-0.2, 0) is 0 Å². The Kier molecular flexibility index (Phi) is 4.98. The summed E-state index contributed by atoms with van der Waals surface area (Å²) in [4.78, 5) is 10.8. The van der Waals surface area contributed by atoms with Crippen molar-refractivity contribution in [3.05, 3.63) is 35.4 Å². The SMILES string of the molecule is COc1ccc(C=CCCS)c(C=O)c1. The fourth-order valence-electron chi connectivity index (χ4n) is 1.22. The molecular weight excluding hydrogens is 208 g/mol. The Morgan fingerprint density at radius 2 is 2.20 bits per heavy atom. The molecule has 0 amide bonds. The normalized spacial score (nSPS) is 10.5. The first-order valence-corrected chi connectivity index (χ1v) is 5.35. The average Bonchev–Trinajstić information content (AvgIpc) is 2.29. The predicted octanol–water partition coefficient (Wildman–Crippen LogP) is 2.84. The first kappa shape index (κ1) is 11.9. The number of rotatable bonds is 5. The third-order valence-electron chi connectivity index (χ3n) is 2.01. The van der Waals surface area contributed by atoms with E-state index in [9.17, 15) is 4.79 Å². The number of benzene rings is 1. The van der Waals surface area contributed by atoms with Crippen LogP contribution in [0.4, 0.5) is 0 Å². The Hall–Kier alpha value is -1.22. The fraction of sp³-hybridized carbons (Fsp3) is 0.250. The van der Waals surface area contributed by atoms with Gasteiger partial charge in [-0.2, -0.15) is 12.6 Å².